The van der Waals surface area contributed by atoms with Crippen LogP contribution in [0.4, 0.5) is 0 Å². The summed E-state index contributed by atoms with van der Waals surface area (Å²) in [7, 11) is 8.16. The van der Waals surface area contributed by atoms with Crippen LogP contribution in [0.3, 0.4) is 0 Å². The molecule has 1 heterocycles. The van der Waals surface area contributed by atoms with Crippen molar-refractivity contribution in [3.05, 3.63) is 22.4 Å². The molecule has 1 aromatic heterocycles. The Morgan fingerprint density at radius 1 is 1.33 bits per heavy atom. The first-order chi connectivity index (χ1) is 10.8. The number of hydrogen-bond acceptors (Lipinski definition) is 2. The van der Waals surface area contributed by atoms with Gasteiger partial charge in [-0.05, 0) is 62.3 Å². The highest BCUT2D eigenvalue weighted by Gasteiger charge is 2.09. The molecule has 24 heavy (non-hydrogen) atoms. The van der Waals surface area contributed by atoms with Gasteiger partial charge in [-0.3, -0.25) is 4.99 Å². The Morgan fingerprint density at radius 3 is 2.50 bits per heavy atom. The maximum absolute atomic E-state index is 4.38. The lowest BCUT2D eigenvalue weighted by atomic mass is 10.2. The molecule has 0 radical (unpaired) electrons. The number of aliphatic imine (C=N–C) groups is 1. The van der Waals surface area contributed by atoms with Crippen molar-refractivity contribution in [2.24, 2.45) is 12.0 Å². The number of guanidine groups is 1. The van der Waals surface area contributed by atoms with Crippen LogP contribution >= 0.6 is 39.9 Å². The molecule has 0 amide bonds. The number of nitrogens with one attached hydrogen (secondary N) is 1. The summed E-state index contributed by atoms with van der Waals surface area (Å²) in [6.07, 6.45) is 4.43. The van der Waals surface area contributed by atoms with Crippen LogP contribution in [0.25, 0.3) is 0 Å². The fourth-order valence-corrected chi connectivity index (χ4v) is 2.94. The molecule has 1 N–H and O–H groups in total. The molecular weight excluding hydrogens is 481 g/mol. The molecule has 0 saturated carbocycles. The molecule has 0 fully saturated rings. The first kappa shape index (κ1) is 23.7. The molecule has 0 spiro atoms. The van der Waals surface area contributed by atoms with Gasteiger partial charge in [0.15, 0.2) is 5.96 Å². The van der Waals surface area contributed by atoms with E-state index in [-0.39, 0.29) is 24.0 Å². The van der Waals surface area contributed by atoms with Crippen molar-refractivity contribution in [2.45, 2.75) is 39.3 Å². The van der Waals surface area contributed by atoms with Gasteiger partial charge in [-0.1, -0.05) is 0 Å². The summed E-state index contributed by atoms with van der Waals surface area (Å²) in [5.41, 5.74) is 1.25. The van der Waals surface area contributed by atoms with Crippen LogP contribution in [-0.2, 0) is 13.6 Å². The van der Waals surface area contributed by atoms with E-state index in [9.17, 15) is 0 Å². The first-order valence-corrected chi connectivity index (χ1v) is 9.07. The quantitative estimate of drug-likeness (QED) is 0.250. The van der Waals surface area contributed by atoms with Crippen molar-refractivity contribution in [3.63, 3.8) is 0 Å². The maximum atomic E-state index is 4.38. The van der Waals surface area contributed by atoms with Crippen molar-refractivity contribution in [3.8, 4) is 0 Å². The minimum absolute atomic E-state index is 0. The average Bonchev–Trinajstić information content (AvgIpc) is 2.80. The second-order valence-electron chi connectivity index (χ2n) is 6.37. The molecule has 7 heteroatoms. The van der Waals surface area contributed by atoms with E-state index in [1.807, 2.05) is 7.05 Å². The monoisotopic (exact) mass is 513 g/mol. The smallest absolute Gasteiger partial charge is 0.193 e. The van der Waals surface area contributed by atoms with Gasteiger partial charge in [0, 0.05) is 50.1 Å². The fraction of sp³-hybridized carbons (Fsp3) is 0.706. The molecule has 0 bridgehead atoms. The zero-order valence-corrected chi connectivity index (χ0v) is 19.8. The van der Waals surface area contributed by atoms with Crippen LogP contribution in [0.2, 0.25) is 0 Å². The number of unbranched alkanes of at least 4 members (excludes halogenated alkanes) is 1. The zero-order valence-electron chi connectivity index (χ0n) is 15.8. The molecule has 5 nitrogen and oxygen atoms in total. The second-order valence-corrected chi connectivity index (χ2v) is 7.29. The highest BCUT2D eigenvalue weighted by molar-refractivity contribution is 14.0. The van der Waals surface area contributed by atoms with E-state index < -0.39 is 0 Å². The molecular formula is C17H33BrIN5. The highest BCUT2D eigenvalue weighted by atomic mass is 127. The Labute approximate surface area is 173 Å². The van der Waals surface area contributed by atoms with E-state index in [2.05, 4.69) is 87.9 Å². The normalized spacial score (nSPS) is 11.8. The minimum atomic E-state index is 0. The van der Waals surface area contributed by atoms with Crippen LogP contribution < -0.4 is 5.32 Å². The van der Waals surface area contributed by atoms with Gasteiger partial charge in [-0.25, -0.2) is 0 Å². The third-order valence-electron chi connectivity index (χ3n) is 4.15. The van der Waals surface area contributed by atoms with Crippen LogP contribution in [-0.4, -0.2) is 60.6 Å². The highest BCUT2D eigenvalue weighted by Crippen LogP contribution is 2.14. The van der Waals surface area contributed by atoms with Crippen molar-refractivity contribution >= 4 is 45.9 Å². The number of nitrogens with zero attached hydrogens (tertiary/aromatic N) is 4. The summed E-state index contributed by atoms with van der Waals surface area (Å²) in [5, 5.41) is 3.46. The topological polar surface area (TPSA) is 35.8 Å². The lowest BCUT2D eigenvalue weighted by Crippen LogP contribution is -2.39. The van der Waals surface area contributed by atoms with Gasteiger partial charge in [-0.2, -0.15) is 0 Å². The van der Waals surface area contributed by atoms with E-state index in [0.717, 1.165) is 36.5 Å². The minimum Gasteiger partial charge on any atom is -0.356 e. The predicted molar refractivity (Wildman–Crippen MR) is 118 cm³/mol. The molecule has 1 aromatic rings. The van der Waals surface area contributed by atoms with E-state index in [0.29, 0.717) is 6.04 Å². The Hall–Kier alpha value is -0.280. The summed E-state index contributed by atoms with van der Waals surface area (Å²) >= 11 is 3.52. The van der Waals surface area contributed by atoms with Crippen LogP contribution in [0, 0.1) is 0 Å². The van der Waals surface area contributed by atoms with Crippen LogP contribution in [0.5, 0.6) is 0 Å². The fourth-order valence-electron chi connectivity index (χ4n) is 2.37. The van der Waals surface area contributed by atoms with Gasteiger partial charge in [0.25, 0.3) is 0 Å². The van der Waals surface area contributed by atoms with E-state index in [4.69, 9.17) is 0 Å². The third-order valence-corrected chi connectivity index (χ3v) is 4.58. The summed E-state index contributed by atoms with van der Waals surface area (Å²) < 4.78 is 3.25. The van der Waals surface area contributed by atoms with E-state index in [1.165, 1.54) is 12.1 Å². The van der Waals surface area contributed by atoms with Crippen LogP contribution in [0.1, 0.15) is 32.4 Å². The number of aryl methyl sites for hydroxylation is 1. The number of rotatable bonds is 8. The van der Waals surface area contributed by atoms with Crippen LogP contribution in [0.15, 0.2) is 21.7 Å². The standard InChI is InChI=1S/C17H32BrN5.HI/c1-14(2)21(4)10-8-7-9-20-17(19-3)23(6)13-16-11-15(18)12-22(16)5;/h11-12,14H,7-10,13H2,1-6H3,(H,19,20);1H. The summed E-state index contributed by atoms with van der Waals surface area (Å²) in [4.78, 5) is 8.92. The average molecular weight is 514 g/mol. The van der Waals surface area contributed by atoms with Crippen molar-refractivity contribution in [1.82, 2.24) is 19.7 Å². The Morgan fingerprint density at radius 2 is 2.00 bits per heavy atom. The lowest BCUT2D eigenvalue weighted by Gasteiger charge is -2.23. The van der Waals surface area contributed by atoms with Crippen molar-refractivity contribution in [2.75, 3.05) is 34.2 Å². The largest absolute Gasteiger partial charge is 0.356 e. The Balaban J connectivity index is 0.00000529. The van der Waals surface area contributed by atoms with Gasteiger partial charge >= 0.3 is 0 Å². The lowest BCUT2D eigenvalue weighted by molar-refractivity contribution is 0.268. The Bertz CT molecular complexity index is 501. The second kappa shape index (κ2) is 12.1. The predicted octanol–water partition coefficient (Wildman–Crippen LogP) is 3.53. The molecule has 1 rings (SSSR count). The summed E-state index contributed by atoms with van der Waals surface area (Å²) in [6, 6.07) is 2.76. The number of aromatic nitrogens is 1. The van der Waals surface area contributed by atoms with Gasteiger partial charge in [-0.15, -0.1) is 24.0 Å². The third kappa shape index (κ3) is 8.20. The number of hydrogen-bond donors (Lipinski definition) is 1. The SMILES string of the molecule is CN=C(NCCCCN(C)C(C)C)N(C)Cc1cc(Br)cn1C.I. The van der Waals surface area contributed by atoms with Crippen molar-refractivity contribution in [1.29, 1.82) is 0 Å². The summed E-state index contributed by atoms with van der Waals surface area (Å²) in [5.74, 6) is 0.944. The molecule has 0 aliphatic carbocycles. The molecule has 0 saturated heterocycles. The van der Waals surface area contributed by atoms with E-state index in [1.54, 1.807) is 0 Å². The molecule has 0 aliphatic rings. The molecule has 0 unspecified atom stereocenters. The maximum Gasteiger partial charge on any atom is 0.193 e. The van der Waals surface area contributed by atoms with Gasteiger partial charge < -0.3 is 19.7 Å². The van der Waals surface area contributed by atoms with Gasteiger partial charge in [0.05, 0.1) is 6.54 Å². The van der Waals surface area contributed by atoms with E-state index >= 15 is 0 Å². The Kier molecular flexibility index (Phi) is 12.0. The molecule has 0 aliphatic heterocycles. The summed E-state index contributed by atoms with van der Waals surface area (Å²) in [6.45, 7) is 7.40. The van der Waals surface area contributed by atoms with Crippen molar-refractivity contribution < 1.29 is 0 Å². The van der Waals surface area contributed by atoms with Gasteiger partial charge in [0.1, 0.15) is 0 Å². The molecule has 140 valence electrons. The molecule has 0 atom stereocenters. The zero-order chi connectivity index (χ0) is 17.4. The van der Waals surface area contributed by atoms with Gasteiger partial charge in [0.2, 0.25) is 0 Å². The first-order valence-electron chi connectivity index (χ1n) is 8.28. The number of halogens is 2. The molecule has 0 aromatic carbocycles.